The molecule has 4 nitrogen and oxygen atoms in total. The fourth-order valence-electron chi connectivity index (χ4n) is 1.46. The van der Waals surface area contributed by atoms with Crippen molar-refractivity contribution in [3.63, 3.8) is 0 Å². The molecule has 2 N–H and O–H groups in total. The van der Waals surface area contributed by atoms with Crippen LogP contribution in [0.15, 0.2) is 36.7 Å². The van der Waals surface area contributed by atoms with E-state index in [2.05, 4.69) is 9.97 Å². The molecule has 0 aliphatic carbocycles. The van der Waals surface area contributed by atoms with Gasteiger partial charge in [0.2, 0.25) is 0 Å². The molecule has 0 unspecified atom stereocenters. The zero-order valence-electron chi connectivity index (χ0n) is 9.76. The summed E-state index contributed by atoms with van der Waals surface area (Å²) in [6.45, 7) is 2.60. The van der Waals surface area contributed by atoms with Crippen LogP contribution in [0.3, 0.4) is 0 Å². The van der Waals surface area contributed by atoms with Gasteiger partial charge in [-0.1, -0.05) is 12.1 Å². The van der Waals surface area contributed by atoms with Crippen LogP contribution in [0.2, 0.25) is 0 Å². The minimum atomic E-state index is 0.563. The van der Waals surface area contributed by atoms with Crippen LogP contribution in [0.5, 0.6) is 5.75 Å². The number of hydrogen-bond donors (Lipinski definition) is 1. The zero-order valence-corrected chi connectivity index (χ0v) is 9.76. The molecule has 1 aromatic carbocycles. The summed E-state index contributed by atoms with van der Waals surface area (Å²) in [7, 11) is 0. The van der Waals surface area contributed by atoms with Gasteiger partial charge in [0.15, 0.2) is 0 Å². The van der Waals surface area contributed by atoms with Crippen LogP contribution < -0.4 is 10.5 Å². The van der Waals surface area contributed by atoms with Crippen LogP contribution in [0.4, 0.5) is 5.69 Å². The third kappa shape index (κ3) is 3.45. The predicted molar refractivity (Wildman–Crippen MR) is 66.8 cm³/mol. The van der Waals surface area contributed by atoms with Crippen LogP contribution in [0, 0.1) is 6.92 Å². The number of rotatable bonds is 4. The van der Waals surface area contributed by atoms with E-state index < -0.39 is 0 Å². The van der Waals surface area contributed by atoms with E-state index in [1.807, 2.05) is 31.2 Å². The normalized spacial score (nSPS) is 10.2. The van der Waals surface area contributed by atoms with Gasteiger partial charge in [-0.15, -0.1) is 0 Å². The highest BCUT2D eigenvalue weighted by molar-refractivity contribution is 5.30. The lowest BCUT2D eigenvalue weighted by Gasteiger charge is -2.06. The second-order valence-electron chi connectivity index (χ2n) is 3.85. The van der Waals surface area contributed by atoms with Crippen LogP contribution in [-0.2, 0) is 6.42 Å². The summed E-state index contributed by atoms with van der Waals surface area (Å²) >= 11 is 0. The van der Waals surface area contributed by atoms with E-state index in [0.29, 0.717) is 18.7 Å². The molecular formula is C13H15N3O. The van der Waals surface area contributed by atoms with Crippen LogP contribution >= 0.6 is 0 Å². The van der Waals surface area contributed by atoms with Crippen molar-refractivity contribution in [2.45, 2.75) is 13.3 Å². The molecule has 0 aliphatic heterocycles. The number of ether oxygens (including phenoxy) is 1. The van der Waals surface area contributed by atoms with Gasteiger partial charge in [-0.25, -0.2) is 9.97 Å². The molecule has 0 aliphatic rings. The molecule has 17 heavy (non-hydrogen) atoms. The van der Waals surface area contributed by atoms with Crippen molar-refractivity contribution in [2.24, 2.45) is 0 Å². The number of anilines is 1. The highest BCUT2D eigenvalue weighted by atomic mass is 16.5. The molecule has 2 aromatic rings. The molecule has 2 rings (SSSR count). The molecule has 1 heterocycles. The van der Waals surface area contributed by atoms with Gasteiger partial charge in [0.25, 0.3) is 0 Å². The lowest BCUT2D eigenvalue weighted by atomic mass is 10.2. The molecule has 1 aromatic heterocycles. The first-order chi connectivity index (χ1) is 8.24. The maximum Gasteiger partial charge on any atom is 0.131 e. The fraction of sp³-hybridized carbons (Fsp3) is 0.231. The number of hydrogen-bond acceptors (Lipinski definition) is 4. The van der Waals surface area contributed by atoms with Gasteiger partial charge >= 0.3 is 0 Å². The van der Waals surface area contributed by atoms with Crippen molar-refractivity contribution in [3.05, 3.63) is 48.0 Å². The summed E-state index contributed by atoms with van der Waals surface area (Å²) < 4.78 is 5.61. The second-order valence-corrected chi connectivity index (χ2v) is 3.85. The molecule has 0 atom stereocenters. The predicted octanol–water partition coefficient (Wildman–Crippen LogP) is 1.99. The topological polar surface area (TPSA) is 61.0 Å². The monoisotopic (exact) mass is 229 g/mol. The molecule has 0 saturated heterocycles. The Bertz CT molecular complexity index is 482. The number of nitrogens with two attached hydrogens (primary N) is 1. The van der Waals surface area contributed by atoms with Gasteiger partial charge in [0.1, 0.15) is 11.6 Å². The van der Waals surface area contributed by atoms with Crippen molar-refractivity contribution in [2.75, 3.05) is 12.3 Å². The third-order valence-corrected chi connectivity index (χ3v) is 2.31. The van der Waals surface area contributed by atoms with E-state index in [9.17, 15) is 0 Å². The average Bonchev–Trinajstić information content (AvgIpc) is 2.32. The van der Waals surface area contributed by atoms with Gasteiger partial charge in [-0.3, -0.25) is 0 Å². The Hall–Kier alpha value is -2.10. The zero-order chi connectivity index (χ0) is 12.1. The Morgan fingerprint density at radius 3 is 2.71 bits per heavy atom. The molecular weight excluding hydrogens is 214 g/mol. The van der Waals surface area contributed by atoms with Gasteiger partial charge in [0.05, 0.1) is 24.7 Å². The minimum Gasteiger partial charge on any atom is -0.493 e. The second kappa shape index (κ2) is 5.30. The average molecular weight is 229 g/mol. The molecule has 88 valence electrons. The first-order valence-electron chi connectivity index (χ1n) is 5.50. The van der Waals surface area contributed by atoms with E-state index in [-0.39, 0.29) is 0 Å². The standard InChI is InChI=1S/C13H15N3O/c1-10-3-2-4-12(7-10)17-6-5-13-15-8-11(14)9-16-13/h2-4,7-9H,5-6,14H2,1H3. The van der Waals surface area contributed by atoms with Gasteiger partial charge < -0.3 is 10.5 Å². The maximum absolute atomic E-state index is 5.61. The van der Waals surface area contributed by atoms with Crippen molar-refractivity contribution >= 4 is 5.69 Å². The summed E-state index contributed by atoms with van der Waals surface area (Å²) in [5, 5.41) is 0. The summed E-state index contributed by atoms with van der Waals surface area (Å²) in [6, 6.07) is 7.96. The molecule has 0 bridgehead atoms. The molecule has 4 heteroatoms. The van der Waals surface area contributed by atoms with Crippen LogP contribution in [0.1, 0.15) is 11.4 Å². The van der Waals surface area contributed by atoms with E-state index in [1.54, 1.807) is 12.4 Å². The largest absolute Gasteiger partial charge is 0.493 e. The Labute approximate surface area is 100 Å². The smallest absolute Gasteiger partial charge is 0.131 e. The number of benzene rings is 1. The minimum absolute atomic E-state index is 0.563. The van der Waals surface area contributed by atoms with Crippen LogP contribution in [-0.4, -0.2) is 16.6 Å². The molecule has 0 saturated carbocycles. The Morgan fingerprint density at radius 2 is 2.00 bits per heavy atom. The van der Waals surface area contributed by atoms with Gasteiger partial charge in [-0.05, 0) is 24.6 Å². The first-order valence-corrected chi connectivity index (χ1v) is 5.50. The van der Waals surface area contributed by atoms with E-state index in [0.717, 1.165) is 11.6 Å². The highest BCUT2D eigenvalue weighted by Gasteiger charge is 1.98. The summed E-state index contributed by atoms with van der Waals surface area (Å²) in [4.78, 5) is 8.22. The van der Waals surface area contributed by atoms with Crippen molar-refractivity contribution in [1.29, 1.82) is 0 Å². The van der Waals surface area contributed by atoms with Crippen molar-refractivity contribution in [3.8, 4) is 5.75 Å². The fourth-order valence-corrected chi connectivity index (χ4v) is 1.46. The molecule has 0 spiro atoms. The van der Waals surface area contributed by atoms with Gasteiger partial charge in [-0.2, -0.15) is 0 Å². The maximum atomic E-state index is 5.61. The number of nitrogens with zero attached hydrogens (tertiary/aromatic N) is 2. The molecule has 0 fully saturated rings. The van der Waals surface area contributed by atoms with Gasteiger partial charge in [0, 0.05) is 6.42 Å². The van der Waals surface area contributed by atoms with Crippen LogP contribution in [0.25, 0.3) is 0 Å². The number of aromatic nitrogens is 2. The third-order valence-electron chi connectivity index (χ3n) is 2.31. The van der Waals surface area contributed by atoms with E-state index in [4.69, 9.17) is 10.5 Å². The molecule has 0 radical (unpaired) electrons. The number of aryl methyl sites for hydroxylation is 1. The number of nitrogen functional groups attached to an aromatic ring is 1. The SMILES string of the molecule is Cc1cccc(OCCc2ncc(N)cn2)c1. The first kappa shape index (κ1) is 11.4. The quantitative estimate of drug-likeness (QED) is 0.871. The van der Waals surface area contributed by atoms with Crippen molar-refractivity contribution < 1.29 is 4.74 Å². The van der Waals surface area contributed by atoms with E-state index in [1.165, 1.54) is 5.56 Å². The summed E-state index contributed by atoms with van der Waals surface area (Å²) in [5.74, 6) is 1.62. The Morgan fingerprint density at radius 1 is 1.24 bits per heavy atom. The highest BCUT2D eigenvalue weighted by Crippen LogP contribution is 2.12. The lowest BCUT2D eigenvalue weighted by Crippen LogP contribution is -2.05. The summed E-state index contributed by atoms with van der Waals surface area (Å²) in [6.07, 6.45) is 3.89. The van der Waals surface area contributed by atoms with E-state index >= 15 is 0 Å². The summed E-state index contributed by atoms with van der Waals surface area (Å²) in [5.41, 5.74) is 7.27. The Kier molecular flexibility index (Phi) is 3.55. The molecule has 0 amide bonds. The van der Waals surface area contributed by atoms with Crippen molar-refractivity contribution in [1.82, 2.24) is 9.97 Å². The Balaban J connectivity index is 1.85. The lowest BCUT2D eigenvalue weighted by molar-refractivity contribution is 0.318.